The Morgan fingerprint density at radius 3 is 2.70 bits per heavy atom. The number of rotatable bonds is 5. The normalized spacial score (nSPS) is 16.8. The smallest absolute Gasteiger partial charge is 0.257 e. The molecule has 1 atom stereocenters. The first-order chi connectivity index (χ1) is 13.2. The van der Waals surface area contributed by atoms with Crippen molar-refractivity contribution in [3.8, 4) is 5.75 Å². The molecule has 27 heavy (non-hydrogen) atoms. The minimum absolute atomic E-state index is 0.0933. The van der Waals surface area contributed by atoms with Gasteiger partial charge < -0.3 is 14.8 Å². The highest BCUT2D eigenvalue weighted by Gasteiger charge is 2.16. The summed E-state index contributed by atoms with van der Waals surface area (Å²) in [4.78, 5) is 17.2. The molecule has 1 fully saturated rings. The van der Waals surface area contributed by atoms with Crippen LogP contribution in [0.4, 0.5) is 5.69 Å². The Balaban J connectivity index is 1.77. The molecule has 1 aliphatic heterocycles. The van der Waals surface area contributed by atoms with Crippen molar-refractivity contribution in [3.63, 3.8) is 0 Å². The number of para-hydroxylation sites is 2. The molecule has 2 aromatic rings. The van der Waals surface area contributed by atoms with E-state index in [-0.39, 0.29) is 12.0 Å². The number of aliphatic imine (C=N–C) groups is 1. The van der Waals surface area contributed by atoms with Crippen LogP contribution < -0.4 is 15.4 Å². The predicted molar refractivity (Wildman–Crippen MR) is 107 cm³/mol. The van der Waals surface area contributed by atoms with E-state index in [9.17, 15) is 4.79 Å². The zero-order valence-electron chi connectivity index (χ0n) is 15.7. The van der Waals surface area contributed by atoms with Crippen molar-refractivity contribution in [2.45, 2.75) is 25.9 Å². The third-order valence-electron chi connectivity index (χ3n) is 4.38. The van der Waals surface area contributed by atoms with Gasteiger partial charge in [-0.25, -0.2) is 4.99 Å². The Labute approximate surface area is 159 Å². The summed E-state index contributed by atoms with van der Waals surface area (Å²) in [6.07, 6.45) is 2.12. The Kier molecular flexibility index (Phi) is 6.44. The Morgan fingerprint density at radius 2 is 2.00 bits per heavy atom. The number of guanidine groups is 1. The van der Waals surface area contributed by atoms with Crippen molar-refractivity contribution in [2.75, 3.05) is 25.6 Å². The molecule has 1 unspecified atom stereocenters. The molecule has 0 radical (unpaired) electrons. The van der Waals surface area contributed by atoms with Gasteiger partial charge >= 0.3 is 0 Å². The van der Waals surface area contributed by atoms with Crippen LogP contribution in [0.2, 0.25) is 0 Å². The minimum atomic E-state index is -0.219. The van der Waals surface area contributed by atoms with Gasteiger partial charge in [0.15, 0.2) is 0 Å². The summed E-state index contributed by atoms with van der Waals surface area (Å²) in [7, 11) is 1.61. The third-order valence-corrected chi connectivity index (χ3v) is 4.38. The molecule has 2 aromatic carbocycles. The van der Waals surface area contributed by atoms with E-state index in [1.54, 1.807) is 19.2 Å². The monoisotopic (exact) mass is 367 g/mol. The number of hydrogen-bond acceptors (Lipinski definition) is 4. The van der Waals surface area contributed by atoms with E-state index in [1.165, 1.54) is 0 Å². The van der Waals surface area contributed by atoms with Crippen LogP contribution in [-0.4, -0.2) is 38.2 Å². The topological polar surface area (TPSA) is 71.9 Å². The van der Waals surface area contributed by atoms with Gasteiger partial charge in [-0.2, -0.15) is 0 Å². The zero-order valence-corrected chi connectivity index (χ0v) is 15.7. The van der Waals surface area contributed by atoms with Crippen LogP contribution in [0.25, 0.3) is 0 Å². The predicted octanol–water partition coefficient (Wildman–Crippen LogP) is 3.38. The first-order valence-electron chi connectivity index (χ1n) is 9.10. The standard InChI is InChI=1S/C21H25N3O3/c1-15-9-11-16(12-10-15)20(25)24-21(22-14-17-6-5-13-27-17)23-18-7-3-4-8-19(18)26-2/h3-4,7-12,17H,5-6,13-14H2,1-2H3,(H2,22,23,24,25). The fourth-order valence-corrected chi connectivity index (χ4v) is 2.85. The summed E-state index contributed by atoms with van der Waals surface area (Å²) >= 11 is 0. The molecule has 1 aliphatic rings. The van der Waals surface area contributed by atoms with Crippen molar-refractivity contribution in [2.24, 2.45) is 4.99 Å². The number of hydrogen-bond donors (Lipinski definition) is 2. The van der Waals surface area contributed by atoms with Gasteiger partial charge in [0.2, 0.25) is 5.96 Å². The molecule has 0 aromatic heterocycles. The largest absolute Gasteiger partial charge is 0.495 e. The fraction of sp³-hybridized carbons (Fsp3) is 0.333. The molecule has 0 spiro atoms. The van der Waals surface area contributed by atoms with Gasteiger partial charge in [0.1, 0.15) is 5.75 Å². The van der Waals surface area contributed by atoms with Crippen LogP contribution in [0.3, 0.4) is 0 Å². The van der Waals surface area contributed by atoms with Crippen LogP contribution >= 0.6 is 0 Å². The highest BCUT2D eigenvalue weighted by atomic mass is 16.5. The quantitative estimate of drug-likeness (QED) is 0.628. The molecular weight excluding hydrogens is 342 g/mol. The second kappa shape index (κ2) is 9.19. The maximum atomic E-state index is 12.6. The molecule has 0 saturated carbocycles. The lowest BCUT2D eigenvalue weighted by Crippen LogP contribution is -2.36. The lowest BCUT2D eigenvalue weighted by atomic mass is 10.1. The van der Waals surface area contributed by atoms with Crippen LogP contribution in [0.15, 0.2) is 53.5 Å². The Hall–Kier alpha value is -2.86. The average Bonchev–Trinajstić information content (AvgIpc) is 3.20. The van der Waals surface area contributed by atoms with Crippen molar-refractivity contribution in [1.29, 1.82) is 0 Å². The van der Waals surface area contributed by atoms with Crippen LogP contribution in [-0.2, 0) is 4.74 Å². The van der Waals surface area contributed by atoms with E-state index < -0.39 is 0 Å². The summed E-state index contributed by atoms with van der Waals surface area (Å²) < 4.78 is 11.0. The van der Waals surface area contributed by atoms with Crippen molar-refractivity contribution < 1.29 is 14.3 Å². The van der Waals surface area contributed by atoms with Crippen molar-refractivity contribution in [1.82, 2.24) is 5.32 Å². The highest BCUT2D eigenvalue weighted by molar-refractivity contribution is 6.10. The molecule has 1 heterocycles. The summed E-state index contributed by atoms with van der Waals surface area (Å²) in [5.74, 6) is 0.830. The maximum Gasteiger partial charge on any atom is 0.257 e. The number of aryl methyl sites for hydroxylation is 1. The van der Waals surface area contributed by atoms with E-state index in [0.29, 0.717) is 23.8 Å². The molecule has 6 heteroatoms. The minimum Gasteiger partial charge on any atom is -0.495 e. The van der Waals surface area contributed by atoms with E-state index in [0.717, 1.165) is 30.7 Å². The van der Waals surface area contributed by atoms with Gasteiger partial charge in [0.25, 0.3) is 5.91 Å². The molecule has 0 bridgehead atoms. The number of benzene rings is 2. The van der Waals surface area contributed by atoms with E-state index in [1.807, 2.05) is 43.3 Å². The molecule has 142 valence electrons. The second-order valence-corrected chi connectivity index (χ2v) is 6.47. The Morgan fingerprint density at radius 1 is 1.22 bits per heavy atom. The molecule has 3 rings (SSSR count). The summed E-state index contributed by atoms with van der Waals surface area (Å²) in [6.45, 7) is 3.25. The highest BCUT2D eigenvalue weighted by Crippen LogP contribution is 2.23. The van der Waals surface area contributed by atoms with Crippen LogP contribution in [0.1, 0.15) is 28.8 Å². The first kappa shape index (κ1) is 18.9. The second-order valence-electron chi connectivity index (χ2n) is 6.47. The summed E-state index contributed by atoms with van der Waals surface area (Å²) in [5, 5.41) is 6.04. The van der Waals surface area contributed by atoms with Gasteiger partial charge in [0.05, 0.1) is 25.4 Å². The number of amides is 1. The summed E-state index contributed by atoms with van der Waals surface area (Å²) in [6, 6.07) is 14.9. The number of carbonyl (C=O) groups excluding carboxylic acids is 1. The zero-order chi connectivity index (χ0) is 19.1. The molecule has 2 N–H and O–H groups in total. The fourth-order valence-electron chi connectivity index (χ4n) is 2.85. The van der Waals surface area contributed by atoms with Crippen LogP contribution in [0, 0.1) is 6.92 Å². The first-order valence-corrected chi connectivity index (χ1v) is 9.10. The van der Waals surface area contributed by atoms with Gasteiger partial charge in [-0.05, 0) is 44.0 Å². The Bertz CT molecular complexity index is 797. The molecular formula is C21H25N3O3. The van der Waals surface area contributed by atoms with Gasteiger partial charge in [0, 0.05) is 12.2 Å². The van der Waals surface area contributed by atoms with Crippen molar-refractivity contribution in [3.05, 3.63) is 59.7 Å². The number of anilines is 1. The van der Waals surface area contributed by atoms with Gasteiger partial charge in [-0.15, -0.1) is 0 Å². The lowest BCUT2D eigenvalue weighted by molar-refractivity contribution is 0.0975. The van der Waals surface area contributed by atoms with Crippen molar-refractivity contribution >= 4 is 17.6 Å². The van der Waals surface area contributed by atoms with E-state index in [4.69, 9.17) is 9.47 Å². The maximum absolute atomic E-state index is 12.6. The summed E-state index contributed by atoms with van der Waals surface area (Å²) in [5.41, 5.74) is 2.41. The third kappa shape index (κ3) is 5.31. The molecule has 0 aliphatic carbocycles. The lowest BCUT2D eigenvalue weighted by Gasteiger charge is -2.15. The average molecular weight is 367 g/mol. The number of carbonyl (C=O) groups is 1. The number of ether oxygens (including phenoxy) is 2. The van der Waals surface area contributed by atoms with Gasteiger partial charge in [-0.1, -0.05) is 29.8 Å². The number of nitrogens with zero attached hydrogens (tertiary/aromatic N) is 1. The SMILES string of the molecule is COc1ccccc1NC(=NCC1CCCO1)NC(=O)c1ccc(C)cc1. The van der Waals surface area contributed by atoms with Gasteiger partial charge in [-0.3, -0.25) is 10.1 Å². The van der Waals surface area contributed by atoms with E-state index in [2.05, 4.69) is 15.6 Å². The molecule has 1 saturated heterocycles. The molecule has 1 amide bonds. The number of methoxy groups -OCH3 is 1. The molecule has 6 nitrogen and oxygen atoms in total. The number of nitrogens with one attached hydrogen (secondary N) is 2. The van der Waals surface area contributed by atoms with E-state index >= 15 is 0 Å². The van der Waals surface area contributed by atoms with Crippen LogP contribution in [0.5, 0.6) is 5.75 Å².